The molecule has 2 aromatic rings. The van der Waals surface area contributed by atoms with Crippen LogP contribution >= 0.6 is 11.3 Å². The number of nitrogens with one attached hydrogen (secondary N) is 2. The highest BCUT2D eigenvalue weighted by Crippen LogP contribution is 2.22. The van der Waals surface area contributed by atoms with Crippen LogP contribution in [0.5, 0.6) is 0 Å². The molecule has 29 heavy (non-hydrogen) atoms. The summed E-state index contributed by atoms with van der Waals surface area (Å²) in [5, 5.41) is 6.61. The Kier molecular flexibility index (Phi) is 7.48. The van der Waals surface area contributed by atoms with E-state index < -0.39 is 34.4 Å². The van der Waals surface area contributed by atoms with E-state index in [0.717, 1.165) is 4.31 Å². The van der Waals surface area contributed by atoms with Crippen LogP contribution in [0.15, 0.2) is 40.6 Å². The van der Waals surface area contributed by atoms with Crippen molar-refractivity contribution in [2.75, 3.05) is 32.6 Å². The topological polar surface area (TPSA) is 122 Å². The predicted molar refractivity (Wildman–Crippen MR) is 108 cm³/mol. The number of thiophene rings is 1. The molecule has 0 spiro atoms. The number of nitrogens with zero attached hydrogens (tertiary/aromatic N) is 1. The number of carbonyl (C=O) groups is 3. The number of esters is 1. The van der Waals surface area contributed by atoms with Gasteiger partial charge in [0, 0.05) is 19.8 Å². The lowest BCUT2D eigenvalue weighted by Crippen LogP contribution is -2.31. The third-order valence-corrected chi connectivity index (χ3v) is 6.56. The second-order valence-electron chi connectivity index (χ2n) is 6.14. The van der Waals surface area contributed by atoms with E-state index in [1.54, 1.807) is 36.6 Å². The zero-order chi connectivity index (χ0) is 21.6. The summed E-state index contributed by atoms with van der Waals surface area (Å²) in [5.41, 5.74) is 0.785. The third-order valence-electron chi connectivity index (χ3n) is 3.73. The van der Waals surface area contributed by atoms with E-state index in [1.807, 2.05) is 0 Å². The molecule has 2 N–H and O–H groups in total. The Morgan fingerprint density at radius 1 is 1.17 bits per heavy atom. The Morgan fingerprint density at radius 3 is 2.52 bits per heavy atom. The summed E-state index contributed by atoms with van der Waals surface area (Å²) in [7, 11) is -0.842. The van der Waals surface area contributed by atoms with Gasteiger partial charge in [0.05, 0.1) is 9.77 Å². The lowest BCUT2D eigenvalue weighted by Gasteiger charge is -2.15. The number of rotatable bonds is 8. The summed E-state index contributed by atoms with van der Waals surface area (Å²) >= 11 is 1.23. The number of benzene rings is 1. The zero-order valence-corrected chi connectivity index (χ0v) is 17.7. The summed E-state index contributed by atoms with van der Waals surface area (Å²) in [6.07, 6.45) is 0. The second kappa shape index (κ2) is 9.63. The molecule has 0 aliphatic carbocycles. The normalized spacial score (nSPS) is 11.2. The van der Waals surface area contributed by atoms with Gasteiger partial charge in [-0.15, -0.1) is 11.3 Å². The molecule has 0 radical (unpaired) electrons. The Hall–Kier alpha value is -2.76. The zero-order valence-electron chi connectivity index (χ0n) is 16.1. The minimum atomic E-state index is -3.67. The summed E-state index contributed by atoms with van der Waals surface area (Å²) in [5.74, 6) is -1.82. The number of hydrogen-bond donors (Lipinski definition) is 2. The average molecular weight is 440 g/mol. The van der Waals surface area contributed by atoms with Crippen LogP contribution in [0.2, 0.25) is 0 Å². The molecule has 2 amide bonds. The van der Waals surface area contributed by atoms with Crippen molar-refractivity contribution in [1.29, 1.82) is 0 Å². The summed E-state index contributed by atoms with van der Waals surface area (Å²) in [6.45, 7) is 0.700. The van der Waals surface area contributed by atoms with Crippen molar-refractivity contribution in [3.8, 4) is 0 Å². The van der Waals surface area contributed by atoms with Gasteiger partial charge in [0.1, 0.15) is 6.54 Å². The van der Waals surface area contributed by atoms with E-state index in [-0.39, 0.29) is 17.1 Å². The van der Waals surface area contributed by atoms with Crippen molar-refractivity contribution in [3.05, 3.63) is 46.2 Å². The van der Waals surface area contributed by atoms with E-state index in [0.29, 0.717) is 10.4 Å². The fourth-order valence-electron chi connectivity index (χ4n) is 2.19. The maximum Gasteiger partial charge on any atom is 0.325 e. The fourth-order valence-corrected chi connectivity index (χ4v) is 3.98. The van der Waals surface area contributed by atoms with Gasteiger partial charge in [-0.05, 0) is 36.1 Å². The van der Waals surface area contributed by atoms with Crippen molar-refractivity contribution >= 4 is 44.8 Å². The number of aryl methyl sites for hydroxylation is 1. The number of ether oxygens (including phenoxy) is 1. The summed E-state index contributed by atoms with van der Waals surface area (Å²) < 4.78 is 30.5. The van der Waals surface area contributed by atoms with E-state index in [4.69, 9.17) is 4.74 Å². The molecule has 0 fully saturated rings. The Balaban J connectivity index is 1.88. The molecule has 0 aliphatic rings. The molecule has 9 nitrogen and oxygen atoms in total. The fraction of sp³-hybridized carbons (Fsp3) is 0.278. The highest BCUT2D eigenvalue weighted by atomic mass is 32.2. The molecular weight excluding hydrogens is 418 g/mol. The van der Waals surface area contributed by atoms with Crippen LogP contribution in [0.25, 0.3) is 0 Å². The van der Waals surface area contributed by atoms with Crippen LogP contribution in [0, 0.1) is 6.92 Å². The Labute approximate surface area is 172 Å². The molecule has 0 aliphatic heterocycles. The highest BCUT2D eigenvalue weighted by Gasteiger charge is 2.20. The quantitative estimate of drug-likeness (QED) is 0.597. The summed E-state index contributed by atoms with van der Waals surface area (Å²) in [6, 6.07) is 7.78. The van der Waals surface area contributed by atoms with Crippen LogP contribution in [0.3, 0.4) is 0 Å². The Bertz CT molecular complexity index is 1000. The molecular formula is C18H21N3O6S2. The second-order valence-corrected chi connectivity index (χ2v) is 9.20. The van der Waals surface area contributed by atoms with Gasteiger partial charge < -0.3 is 15.4 Å². The number of carbonyl (C=O) groups excluding carboxylic acids is 3. The first-order valence-corrected chi connectivity index (χ1v) is 10.7. The van der Waals surface area contributed by atoms with Crippen LogP contribution in [-0.4, -0.2) is 57.8 Å². The minimum absolute atomic E-state index is 0.0635. The van der Waals surface area contributed by atoms with Crippen LogP contribution in [-0.2, 0) is 24.3 Å². The smallest absolute Gasteiger partial charge is 0.325 e. The van der Waals surface area contributed by atoms with Gasteiger partial charge in [0.25, 0.3) is 11.8 Å². The number of anilines is 1. The molecule has 0 saturated carbocycles. The highest BCUT2D eigenvalue weighted by molar-refractivity contribution is 7.89. The van der Waals surface area contributed by atoms with Crippen molar-refractivity contribution in [1.82, 2.24) is 9.62 Å². The van der Waals surface area contributed by atoms with Gasteiger partial charge in [0.15, 0.2) is 6.61 Å². The lowest BCUT2D eigenvalue weighted by atomic mass is 10.2. The van der Waals surface area contributed by atoms with Gasteiger partial charge in [0.2, 0.25) is 10.0 Å². The predicted octanol–water partition coefficient (Wildman–Crippen LogP) is 1.22. The van der Waals surface area contributed by atoms with Crippen molar-refractivity contribution in [3.63, 3.8) is 0 Å². The molecule has 0 unspecified atom stereocenters. The first kappa shape index (κ1) is 22.5. The number of sulfonamides is 1. The molecule has 2 rings (SSSR count). The average Bonchev–Trinajstić information content (AvgIpc) is 3.20. The molecule has 1 heterocycles. The number of amides is 2. The van der Waals surface area contributed by atoms with Crippen LogP contribution in [0.1, 0.15) is 15.2 Å². The van der Waals surface area contributed by atoms with E-state index in [1.165, 1.54) is 31.5 Å². The SMILES string of the molecule is Cc1ccc(NC(=O)COC(=O)CNC(=O)c2cccs2)cc1S(=O)(=O)N(C)C. The lowest BCUT2D eigenvalue weighted by molar-refractivity contribution is -0.146. The molecule has 1 aromatic heterocycles. The van der Waals surface area contributed by atoms with E-state index >= 15 is 0 Å². The van der Waals surface area contributed by atoms with E-state index in [9.17, 15) is 22.8 Å². The molecule has 0 bridgehead atoms. The van der Waals surface area contributed by atoms with Gasteiger partial charge in [-0.1, -0.05) is 12.1 Å². The molecule has 0 saturated heterocycles. The van der Waals surface area contributed by atoms with Gasteiger partial charge >= 0.3 is 5.97 Å². The third kappa shape index (κ3) is 6.11. The Morgan fingerprint density at radius 2 is 1.90 bits per heavy atom. The van der Waals surface area contributed by atoms with Crippen LogP contribution in [0.4, 0.5) is 5.69 Å². The molecule has 1 aromatic carbocycles. The maximum atomic E-state index is 12.3. The van der Waals surface area contributed by atoms with Gasteiger partial charge in [-0.2, -0.15) is 0 Å². The monoisotopic (exact) mass is 439 g/mol. The van der Waals surface area contributed by atoms with Crippen molar-refractivity contribution in [2.45, 2.75) is 11.8 Å². The molecule has 11 heteroatoms. The minimum Gasteiger partial charge on any atom is -0.454 e. The van der Waals surface area contributed by atoms with Gasteiger partial charge in [-0.25, -0.2) is 12.7 Å². The van der Waals surface area contributed by atoms with Gasteiger partial charge in [-0.3, -0.25) is 14.4 Å². The number of hydrogen-bond acceptors (Lipinski definition) is 7. The summed E-state index contributed by atoms with van der Waals surface area (Å²) in [4.78, 5) is 35.9. The van der Waals surface area contributed by atoms with Crippen LogP contribution < -0.4 is 10.6 Å². The standard InChI is InChI=1S/C18H21N3O6S2/c1-12-6-7-13(9-15(12)29(25,26)21(2)3)20-16(22)11-27-17(23)10-19-18(24)14-5-4-8-28-14/h4-9H,10-11H2,1-3H3,(H,19,24)(H,20,22). The van der Waals surface area contributed by atoms with Crippen molar-refractivity contribution < 1.29 is 27.5 Å². The molecule has 156 valence electrons. The maximum absolute atomic E-state index is 12.3. The van der Waals surface area contributed by atoms with Crippen molar-refractivity contribution in [2.24, 2.45) is 0 Å². The first-order chi connectivity index (χ1) is 13.6. The molecule has 0 atom stereocenters. The largest absolute Gasteiger partial charge is 0.454 e. The first-order valence-electron chi connectivity index (χ1n) is 8.41. The van der Waals surface area contributed by atoms with E-state index in [2.05, 4.69) is 10.6 Å².